The van der Waals surface area contributed by atoms with Gasteiger partial charge in [0.15, 0.2) is 0 Å². The molecule has 0 saturated carbocycles. The number of pyridine rings is 1. The van der Waals surface area contributed by atoms with E-state index in [0.29, 0.717) is 19.4 Å². The van der Waals surface area contributed by atoms with Crippen molar-refractivity contribution in [3.05, 3.63) is 71.9 Å². The number of likely N-dealkylation sites (tertiary alicyclic amines) is 1. The maximum Gasteiger partial charge on any atom is 0.308 e. The highest BCUT2D eigenvalue weighted by Gasteiger charge is 2.34. The Morgan fingerprint density at radius 3 is 2.77 bits per heavy atom. The molecule has 0 amide bonds. The molecule has 1 saturated heterocycles. The molecule has 2 aromatic carbocycles. The second-order valence-corrected chi connectivity index (χ2v) is 9.61. The molecule has 2 heterocycles. The number of aliphatic hydroxyl groups excluding tert-OH is 1. The van der Waals surface area contributed by atoms with Crippen molar-refractivity contribution in [2.24, 2.45) is 11.8 Å². The summed E-state index contributed by atoms with van der Waals surface area (Å²) in [6.07, 6.45) is 6.36. The van der Waals surface area contributed by atoms with Crippen molar-refractivity contribution >= 4 is 16.9 Å². The summed E-state index contributed by atoms with van der Waals surface area (Å²) in [7, 11) is 1.62. The molecule has 4 rings (SSSR count). The fourth-order valence-electron chi connectivity index (χ4n) is 5.30. The predicted octanol–water partition coefficient (Wildman–Crippen LogP) is 5.10. The summed E-state index contributed by atoms with van der Waals surface area (Å²) in [4.78, 5) is 18.8. The molecule has 6 heteroatoms. The summed E-state index contributed by atoms with van der Waals surface area (Å²) in [5.41, 5.74) is 2.98. The lowest BCUT2D eigenvalue weighted by Crippen LogP contribution is -2.44. The van der Waals surface area contributed by atoms with E-state index in [1.165, 1.54) is 5.56 Å². The summed E-state index contributed by atoms with van der Waals surface area (Å²) < 4.78 is 5.34. The molecule has 1 aliphatic rings. The Morgan fingerprint density at radius 2 is 2.00 bits per heavy atom. The average molecular weight is 477 g/mol. The number of nitrogens with zero attached hydrogens (tertiary/aromatic N) is 2. The quantitative estimate of drug-likeness (QED) is 0.375. The van der Waals surface area contributed by atoms with Crippen LogP contribution >= 0.6 is 0 Å². The lowest BCUT2D eigenvalue weighted by atomic mass is 9.81. The first-order chi connectivity index (χ1) is 17.0. The molecule has 35 heavy (non-hydrogen) atoms. The Kier molecular flexibility index (Phi) is 8.72. The molecule has 2 N–H and O–H groups in total. The topological polar surface area (TPSA) is 82.9 Å². The van der Waals surface area contributed by atoms with E-state index in [9.17, 15) is 15.0 Å². The first-order valence-corrected chi connectivity index (χ1v) is 12.6. The number of ether oxygens (including phenoxy) is 1. The highest BCUT2D eigenvalue weighted by atomic mass is 16.5. The van der Waals surface area contributed by atoms with Gasteiger partial charge in [-0.2, -0.15) is 0 Å². The second-order valence-electron chi connectivity index (χ2n) is 9.61. The maximum atomic E-state index is 12.1. The third kappa shape index (κ3) is 6.59. The molecule has 1 fully saturated rings. The molecular formula is C29H36N2O4. The van der Waals surface area contributed by atoms with Crippen LogP contribution < -0.4 is 4.74 Å². The number of carbonyl (C=O) groups is 1. The Labute approximate surface area is 207 Å². The van der Waals surface area contributed by atoms with Gasteiger partial charge in [-0.25, -0.2) is 0 Å². The monoisotopic (exact) mass is 476 g/mol. The standard InChI is InChI=1S/C29H36N2O4/c1-35-23-11-12-27-25(19-23)24(14-16-30-27)28(32)13-10-22-15-18-31(20-26(22)29(33)34)17-6-5-9-21-7-3-2-4-8-21/h2-4,7-8,11-12,14,16,19,22,26,28,32H,5-6,9-10,13,15,17-18,20H2,1H3,(H,33,34)/t22-,26+,28+/m1/s1. The van der Waals surface area contributed by atoms with Crippen molar-refractivity contribution in [2.45, 2.75) is 44.6 Å². The van der Waals surface area contributed by atoms with Crippen LogP contribution in [0.15, 0.2) is 60.8 Å². The van der Waals surface area contributed by atoms with Gasteiger partial charge in [0.25, 0.3) is 0 Å². The maximum absolute atomic E-state index is 12.1. The summed E-state index contributed by atoms with van der Waals surface area (Å²) in [5.74, 6) is -0.316. The Morgan fingerprint density at radius 1 is 1.17 bits per heavy atom. The zero-order valence-electron chi connectivity index (χ0n) is 20.5. The largest absolute Gasteiger partial charge is 0.497 e. The van der Waals surface area contributed by atoms with Crippen molar-refractivity contribution in [3.63, 3.8) is 0 Å². The molecule has 0 radical (unpaired) electrons. The van der Waals surface area contributed by atoms with Crippen molar-refractivity contribution in [1.82, 2.24) is 9.88 Å². The van der Waals surface area contributed by atoms with Crippen LogP contribution in [0, 0.1) is 11.8 Å². The highest BCUT2D eigenvalue weighted by Crippen LogP contribution is 2.33. The minimum atomic E-state index is -0.724. The van der Waals surface area contributed by atoms with Crippen LogP contribution in [-0.4, -0.2) is 52.8 Å². The Hall–Kier alpha value is -2.96. The number of aromatic nitrogens is 1. The molecule has 186 valence electrons. The van der Waals surface area contributed by atoms with Gasteiger partial charge in [0, 0.05) is 18.1 Å². The minimum absolute atomic E-state index is 0.0744. The number of carboxylic acid groups (broad SMARTS) is 1. The van der Waals surface area contributed by atoms with Crippen LogP contribution in [0.25, 0.3) is 10.9 Å². The molecule has 0 aliphatic carbocycles. The van der Waals surface area contributed by atoms with Gasteiger partial charge in [-0.15, -0.1) is 0 Å². The number of aliphatic carboxylic acids is 1. The molecule has 1 aliphatic heterocycles. The third-order valence-corrected chi connectivity index (χ3v) is 7.34. The molecule has 3 aromatic rings. The van der Waals surface area contributed by atoms with Gasteiger partial charge in [0.2, 0.25) is 0 Å². The summed E-state index contributed by atoms with van der Waals surface area (Å²) >= 11 is 0. The van der Waals surface area contributed by atoms with Gasteiger partial charge in [0.05, 0.1) is 24.6 Å². The lowest BCUT2D eigenvalue weighted by Gasteiger charge is -2.37. The predicted molar refractivity (Wildman–Crippen MR) is 138 cm³/mol. The van der Waals surface area contributed by atoms with Gasteiger partial charge >= 0.3 is 5.97 Å². The van der Waals surface area contributed by atoms with Gasteiger partial charge in [-0.3, -0.25) is 9.78 Å². The summed E-state index contributed by atoms with van der Waals surface area (Å²) in [5, 5.41) is 21.8. The average Bonchev–Trinajstić information content (AvgIpc) is 2.89. The van der Waals surface area contributed by atoms with Crippen LogP contribution in [0.5, 0.6) is 5.75 Å². The van der Waals surface area contributed by atoms with Gasteiger partial charge in [-0.05, 0) is 92.9 Å². The van der Waals surface area contributed by atoms with E-state index in [1.54, 1.807) is 13.3 Å². The van der Waals surface area contributed by atoms with Crippen LogP contribution in [0.4, 0.5) is 0 Å². The van der Waals surface area contributed by atoms with E-state index in [2.05, 4.69) is 34.1 Å². The molecule has 1 aromatic heterocycles. The number of fused-ring (bicyclic) bond motifs is 1. The normalized spacial score (nSPS) is 19.5. The number of unbranched alkanes of at least 4 members (excludes halogenated alkanes) is 1. The van der Waals surface area contributed by atoms with Crippen LogP contribution in [0.3, 0.4) is 0 Å². The number of carboxylic acids is 1. The fourth-order valence-corrected chi connectivity index (χ4v) is 5.30. The summed E-state index contributed by atoms with van der Waals surface area (Å²) in [6.45, 7) is 2.46. The molecule has 6 nitrogen and oxygen atoms in total. The zero-order valence-corrected chi connectivity index (χ0v) is 20.5. The third-order valence-electron chi connectivity index (χ3n) is 7.34. The van der Waals surface area contributed by atoms with E-state index < -0.39 is 12.1 Å². The second kappa shape index (κ2) is 12.1. The first-order valence-electron chi connectivity index (χ1n) is 12.6. The number of piperidine rings is 1. The SMILES string of the molecule is COc1ccc2nccc([C@@H](O)CC[C@@H]3CCN(CCCCc4ccccc4)C[C@@H]3C(=O)O)c2c1. The van der Waals surface area contributed by atoms with Crippen LogP contribution in [0.2, 0.25) is 0 Å². The number of benzene rings is 2. The number of aliphatic hydroxyl groups is 1. The van der Waals surface area contributed by atoms with Crippen molar-refractivity contribution < 1.29 is 19.7 Å². The van der Waals surface area contributed by atoms with E-state index in [1.807, 2.05) is 30.3 Å². The number of methoxy groups -OCH3 is 1. The van der Waals surface area contributed by atoms with Gasteiger partial charge in [-0.1, -0.05) is 30.3 Å². The Balaban J connectivity index is 1.30. The smallest absolute Gasteiger partial charge is 0.308 e. The van der Waals surface area contributed by atoms with Crippen molar-refractivity contribution in [3.8, 4) is 5.75 Å². The van der Waals surface area contributed by atoms with E-state index in [0.717, 1.165) is 61.0 Å². The number of hydrogen-bond donors (Lipinski definition) is 2. The number of rotatable bonds is 11. The Bertz CT molecular complexity index is 1100. The molecule has 3 atom stereocenters. The van der Waals surface area contributed by atoms with Crippen LogP contribution in [-0.2, 0) is 11.2 Å². The van der Waals surface area contributed by atoms with Gasteiger partial charge < -0.3 is 19.8 Å². The zero-order chi connectivity index (χ0) is 24.6. The number of aryl methyl sites for hydroxylation is 1. The van der Waals surface area contributed by atoms with E-state index in [-0.39, 0.29) is 11.8 Å². The number of hydrogen-bond acceptors (Lipinski definition) is 5. The molecule has 0 spiro atoms. The van der Waals surface area contributed by atoms with Gasteiger partial charge in [0.1, 0.15) is 5.75 Å². The molecular weight excluding hydrogens is 440 g/mol. The van der Waals surface area contributed by atoms with E-state index >= 15 is 0 Å². The minimum Gasteiger partial charge on any atom is -0.497 e. The van der Waals surface area contributed by atoms with E-state index in [4.69, 9.17) is 4.74 Å². The van der Waals surface area contributed by atoms with Crippen LogP contribution in [0.1, 0.15) is 49.3 Å². The summed E-state index contributed by atoms with van der Waals surface area (Å²) in [6, 6.07) is 18.0. The highest BCUT2D eigenvalue weighted by molar-refractivity contribution is 5.83. The van der Waals surface area contributed by atoms with Crippen molar-refractivity contribution in [2.75, 3.05) is 26.7 Å². The van der Waals surface area contributed by atoms with Crippen molar-refractivity contribution in [1.29, 1.82) is 0 Å². The lowest BCUT2D eigenvalue weighted by molar-refractivity contribution is -0.146. The first kappa shape index (κ1) is 25.1. The fraction of sp³-hybridized carbons (Fsp3) is 0.448. The molecule has 0 unspecified atom stereocenters. The molecule has 0 bridgehead atoms.